The number of rotatable bonds is 32. The van der Waals surface area contributed by atoms with E-state index >= 15 is 0 Å². The van der Waals surface area contributed by atoms with Gasteiger partial charge in [0.1, 0.15) is 0 Å². The highest BCUT2D eigenvalue weighted by atomic mass is 16.6. The molecule has 0 aromatic carbocycles. The Bertz CT molecular complexity index is 481. The van der Waals surface area contributed by atoms with E-state index in [1.807, 2.05) is 0 Å². The quantitative estimate of drug-likeness (QED) is 0.0481. The molecule has 0 atom stereocenters. The molecule has 0 saturated carbocycles. The molecule has 4 nitrogen and oxygen atoms in total. The molecule has 240 valence electrons. The van der Waals surface area contributed by atoms with Crippen LogP contribution in [0.5, 0.6) is 0 Å². The van der Waals surface area contributed by atoms with E-state index in [4.69, 9.17) is 11.0 Å². The lowest BCUT2D eigenvalue weighted by molar-refractivity contribution is -0.137. The molecule has 0 aliphatic rings. The highest BCUT2D eigenvalue weighted by Gasteiger charge is 1.97. The highest BCUT2D eigenvalue weighted by molar-refractivity contribution is 5.66. The predicted octanol–water partition coefficient (Wildman–Crippen LogP) is 12.2. The molecular formula is C36H73NO3. The number of hydrogen-bond acceptors (Lipinski definition) is 3. The van der Waals surface area contributed by atoms with Crippen molar-refractivity contribution >= 4 is 5.97 Å². The third-order valence-corrected chi connectivity index (χ3v) is 7.77. The Morgan fingerprint density at radius 1 is 0.500 bits per heavy atom. The Kier molecular flexibility index (Phi) is 41.5. The molecule has 0 fully saturated rings. The zero-order chi connectivity index (χ0) is 29.6. The highest BCUT2D eigenvalue weighted by Crippen LogP contribution is 2.14. The summed E-state index contributed by atoms with van der Waals surface area (Å²) in [4.78, 5) is 14.9. The molecule has 0 radical (unpaired) electrons. The van der Waals surface area contributed by atoms with Crippen molar-refractivity contribution in [2.24, 2.45) is 5.90 Å². The van der Waals surface area contributed by atoms with Crippen molar-refractivity contribution in [3.8, 4) is 0 Å². The molecule has 4 heteroatoms. The molecule has 0 spiro atoms. The van der Waals surface area contributed by atoms with Gasteiger partial charge in [-0.3, -0.25) is 4.79 Å². The normalized spacial score (nSPS) is 11.2. The van der Waals surface area contributed by atoms with Crippen molar-refractivity contribution in [1.82, 2.24) is 0 Å². The molecule has 0 amide bonds. The molecule has 3 N–H and O–H groups in total. The summed E-state index contributed by atoms with van der Waals surface area (Å²) < 4.78 is 0. The first-order valence-electron chi connectivity index (χ1n) is 17.9. The van der Waals surface area contributed by atoms with Gasteiger partial charge in [-0.1, -0.05) is 174 Å². The summed E-state index contributed by atoms with van der Waals surface area (Å²) in [5.74, 6) is 4.33. The zero-order valence-electron chi connectivity index (χ0n) is 27.4. The first-order valence-corrected chi connectivity index (χ1v) is 17.9. The standard InChI is InChI=1S/C18H37NO.C18H36O2/c1-2-3-4-5-6-7-8-9-10-11-12-13-14-15-16-17-18-20-19;1-2-3-4-5-6-7-8-9-10-11-12-13-14-15-16-17-18(19)20/h9-10H,2-8,11-19H2,1H3;2-17H2,1H3,(H,19,20)/b10-9-;. The molecule has 0 unspecified atom stereocenters. The van der Waals surface area contributed by atoms with Crippen LogP contribution < -0.4 is 5.90 Å². The van der Waals surface area contributed by atoms with Crippen molar-refractivity contribution in [3.63, 3.8) is 0 Å². The summed E-state index contributed by atoms with van der Waals surface area (Å²) >= 11 is 0. The Hall–Kier alpha value is -0.870. The average molecular weight is 568 g/mol. The molecule has 0 aliphatic carbocycles. The molecule has 0 aromatic rings. The number of nitrogens with two attached hydrogens (primary N) is 1. The minimum atomic E-state index is -0.653. The van der Waals surface area contributed by atoms with Crippen LogP contribution in [0.3, 0.4) is 0 Å². The van der Waals surface area contributed by atoms with Crippen LogP contribution in [0, 0.1) is 0 Å². The fraction of sp³-hybridized carbons (Fsp3) is 0.917. The van der Waals surface area contributed by atoms with Crippen LogP contribution in [-0.2, 0) is 9.63 Å². The molecule has 40 heavy (non-hydrogen) atoms. The van der Waals surface area contributed by atoms with Crippen LogP contribution >= 0.6 is 0 Å². The van der Waals surface area contributed by atoms with E-state index in [0.717, 1.165) is 19.3 Å². The van der Waals surface area contributed by atoms with Crippen molar-refractivity contribution in [2.75, 3.05) is 6.61 Å². The van der Waals surface area contributed by atoms with Crippen LogP contribution in [-0.4, -0.2) is 17.7 Å². The first kappa shape index (κ1) is 41.3. The van der Waals surface area contributed by atoms with E-state index in [1.165, 1.54) is 167 Å². The summed E-state index contributed by atoms with van der Waals surface area (Å²) in [6.45, 7) is 5.25. The largest absolute Gasteiger partial charge is 0.481 e. The SMILES string of the molecule is CCCCCCCC/C=C\CCCCCCCCON.CCCCCCCCCCCCCCCCCC(=O)O. The van der Waals surface area contributed by atoms with E-state index in [9.17, 15) is 4.79 Å². The van der Waals surface area contributed by atoms with Crippen LogP contribution in [0.15, 0.2) is 12.2 Å². The minimum Gasteiger partial charge on any atom is -0.481 e. The minimum absolute atomic E-state index is 0.345. The molecule has 0 rings (SSSR count). The summed E-state index contributed by atoms with van der Waals surface area (Å²) in [5.41, 5.74) is 0. The average Bonchev–Trinajstić information content (AvgIpc) is 2.95. The summed E-state index contributed by atoms with van der Waals surface area (Å²) in [6.07, 6.45) is 43.7. The Labute approximate surface area is 251 Å². The fourth-order valence-electron chi connectivity index (χ4n) is 5.08. The Morgan fingerprint density at radius 3 is 1.12 bits per heavy atom. The maximum Gasteiger partial charge on any atom is 0.303 e. The van der Waals surface area contributed by atoms with Crippen LogP contribution in [0.2, 0.25) is 0 Å². The second-order valence-electron chi connectivity index (χ2n) is 11.9. The third-order valence-electron chi connectivity index (χ3n) is 7.77. The van der Waals surface area contributed by atoms with Crippen LogP contribution in [0.4, 0.5) is 0 Å². The molecule has 0 saturated heterocycles. The number of unbranched alkanes of at least 4 members (excludes halogenated alkanes) is 26. The second kappa shape index (κ2) is 40.3. The lowest BCUT2D eigenvalue weighted by Gasteiger charge is -2.03. The number of aliphatic carboxylic acids is 1. The smallest absolute Gasteiger partial charge is 0.303 e. The first-order chi connectivity index (χ1) is 19.7. The fourth-order valence-corrected chi connectivity index (χ4v) is 5.08. The van der Waals surface area contributed by atoms with E-state index in [2.05, 4.69) is 30.8 Å². The summed E-state index contributed by atoms with van der Waals surface area (Å²) in [5, 5.41) is 8.52. The molecule has 0 heterocycles. The summed E-state index contributed by atoms with van der Waals surface area (Å²) in [6, 6.07) is 0. The summed E-state index contributed by atoms with van der Waals surface area (Å²) in [7, 11) is 0. The van der Waals surface area contributed by atoms with Crippen molar-refractivity contribution in [3.05, 3.63) is 12.2 Å². The number of hydrogen-bond donors (Lipinski definition) is 2. The number of carboxylic acid groups (broad SMARTS) is 1. The zero-order valence-corrected chi connectivity index (χ0v) is 27.4. The Balaban J connectivity index is 0. The molecule has 0 aliphatic heterocycles. The van der Waals surface area contributed by atoms with Crippen LogP contribution in [0.25, 0.3) is 0 Å². The predicted molar refractivity (Wildman–Crippen MR) is 177 cm³/mol. The van der Waals surface area contributed by atoms with E-state index in [0.29, 0.717) is 13.0 Å². The van der Waals surface area contributed by atoms with Gasteiger partial charge >= 0.3 is 5.97 Å². The number of allylic oxidation sites excluding steroid dienone is 2. The van der Waals surface area contributed by atoms with Gasteiger partial charge in [-0.25, -0.2) is 5.90 Å². The van der Waals surface area contributed by atoms with Crippen LogP contribution in [0.1, 0.15) is 206 Å². The number of carbonyl (C=O) groups is 1. The van der Waals surface area contributed by atoms with Gasteiger partial charge in [0.2, 0.25) is 0 Å². The van der Waals surface area contributed by atoms with Gasteiger partial charge in [0.05, 0.1) is 6.61 Å². The van der Waals surface area contributed by atoms with Gasteiger partial charge in [-0.2, -0.15) is 0 Å². The molecule has 0 aromatic heterocycles. The van der Waals surface area contributed by atoms with Crippen molar-refractivity contribution in [2.45, 2.75) is 206 Å². The van der Waals surface area contributed by atoms with E-state index in [1.54, 1.807) is 0 Å². The maximum atomic E-state index is 10.3. The van der Waals surface area contributed by atoms with Gasteiger partial charge < -0.3 is 9.94 Å². The van der Waals surface area contributed by atoms with Crippen molar-refractivity contribution < 1.29 is 14.7 Å². The van der Waals surface area contributed by atoms with Gasteiger partial charge in [0, 0.05) is 6.42 Å². The maximum absolute atomic E-state index is 10.3. The number of carboxylic acids is 1. The third kappa shape index (κ3) is 44.2. The van der Waals surface area contributed by atoms with Gasteiger partial charge in [-0.05, 0) is 38.5 Å². The topological polar surface area (TPSA) is 72.5 Å². The van der Waals surface area contributed by atoms with Gasteiger partial charge in [0.25, 0.3) is 0 Å². The van der Waals surface area contributed by atoms with Crippen molar-refractivity contribution in [1.29, 1.82) is 0 Å². The Morgan fingerprint density at radius 2 is 0.800 bits per heavy atom. The molecular weight excluding hydrogens is 494 g/mol. The van der Waals surface area contributed by atoms with Gasteiger partial charge in [0.15, 0.2) is 0 Å². The second-order valence-corrected chi connectivity index (χ2v) is 11.9. The monoisotopic (exact) mass is 568 g/mol. The molecule has 0 bridgehead atoms. The van der Waals surface area contributed by atoms with E-state index < -0.39 is 5.97 Å². The van der Waals surface area contributed by atoms with Gasteiger partial charge in [-0.15, -0.1) is 0 Å². The lowest BCUT2D eigenvalue weighted by atomic mass is 10.0. The lowest BCUT2D eigenvalue weighted by Crippen LogP contribution is -2.00. The van der Waals surface area contributed by atoms with E-state index in [-0.39, 0.29) is 0 Å².